The second kappa shape index (κ2) is 7.60. The van der Waals surface area contributed by atoms with Gasteiger partial charge in [0.25, 0.3) is 5.91 Å². The average molecular weight is 338 g/mol. The van der Waals surface area contributed by atoms with Crippen LogP contribution in [0.3, 0.4) is 0 Å². The number of hydrogen-bond donors (Lipinski definition) is 1. The minimum Gasteiger partial charge on any atom is -0.465 e. The Morgan fingerprint density at radius 3 is 2.83 bits per heavy atom. The monoisotopic (exact) mass is 337 g/mol. The Kier molecular flexibility index (Phi) is 5.54. The lowest BCUT2D eigenvalue weighted by Crippen LogP contribution is -2.29. The van der Waals surface area contributed by atoms with Crippen molar-refractivity contribution < 1.29 is 23.1 Å². The Bertz CT molecular complexity index is 728. The zero-order valence-electron chi connectivity index (χ0n) is 12.1. The zero-order chi connectivity index (χ0) is 16.8. The molecule has 1 amide bonds. The van der Waals surface area contributed by atoms with Crippen LogP contribution in [-0.4, -0.2) is 18.0 Å². The van der Waals surface area contributed by atoms with Crippen molar-refractivity contribution in [2.75, 3.05) is 5.32 Å². The molecule has 1 N–H and O–H groups in total. The molecule has 0 radical (unpaired) electrons. The summed E-state index contributed by atoms with van der Waals surface area (Å²) in [4.78, 5) is 23.5. The van der Waals surface area contributed by atoms with Gasteiger partial charge in [0, 0.05) is 6.08 Å². The quantitative estimate of drug-likeness (QED) is 0.668. The van der Waals surface area contributed by atoms with Gasteiger partial charge in [-0.2, -0.15) is 0 Å². The van der Waals surface area contributed by atoms with E-state index in [1.54, 1.807) is 12.1 Å². The molecular weight excluding hydrogens is 325 g/mol. The Morgan fingerprint density at radius 1 is 1.39 bits per heavy atom. The van der Waals surface area contributed by atoms with Crippen LogP contribution in [0.2, 0.25) is 5.02 Å². The molecule has 1 aromatic heterocycles. The largest absolute Gasteiger partial charge is 0.465 e. The predicted octanol–water partition coefficient (Wildman–Crippen LogP) is 3.66. The molecule has 23 heavy (non-hydrogen) atoms. The summed E-state index contributed by atoms with van der Waals surface area (Å²) < 4.78 is 22.9. The van der Waals surface area contributed by atoms with Gasteiger partial charge in [-0.1, -0.05) is 11.6 Å². The molecule has 5 nitrogen and oxygen atoms in total. The first-order valence-corrected chi connectivity index (χ1v) is 7.01. The van der Waals surface area contributed by atoms with E-state index in [2.05, 4.69) is 5.32 Å². The van der Waals surface area contributed by atoms with Gasteiger partial charge in [-0.05, 0) is 43.3 Å². The highest BCUT2D eigenvalue weighted by molar-refractivity contribution is 6.33. The van der Waals surface area contributed by atoms with Gasteiger partial charge in [-0.25, -0.2) is 9.18 Å². The maximum Gasteiger partial charge on any atom is 0.331 e. The molecule has 2 rings (SSSR count). The molecule has 0 fully saturated rings. The first-order chi connectivity index (χ1) is 11.0. The van der Waals surface area contributed by atoms with Crippen LogP contribution in [0.4, 0.5) is 10.1 Å². The minimum atomic E-state index is -1.05. The van der Waals surface area contributed by atoms with E-state index in [1.807, 2.05) is 0 Å². The standard InChI is InChI=1S/C16H13ClFNO4/c1-10(23-15(20)7-5-12-3-2-8-22-12)16(21)19-14-6-4-11(18)9-13(14)17/h2-10H,1H3,(H,19,21)/b7-5+/t10-/m1/s1. The van der Waals surface area contributed by atoms with E-state index in [0.29, 0.717) is 5.76 Å². The fourth-order valence-corrected chi connectivity index (χ4v) is 1.84. The van der Waals surface area contributed by atoms with Crippen molar-refractivity contribution in [3.05, 3.63) is 59.3 Å². The molecule has 0 saturated heterocycles. The third-order valence-electron chi connectivity index (χ3n) is 2.78. The topological polar surface area (TPSA) is 68.5 Å². The first-order valence-electron chi connectivity index (χ1n) is 6.64. The third kappa shape index (κ3) is 4.96. The van der Waals surface area contributed by atoms with Crippen LogP contribution >= 0.6 is 11.6 Å². The number of ether oxygens (including phenoxy) is 1. The third-order valence-corrected chi connectivity index (χ3v) is 3.09. The van der Waals surface area contributed by atoms with Crippen molar-refractivity contribution in [3.8, 4) is 0 Å². The van der Waals surface area contributed by atoms with Crippen LogP contribution in [0, 0.1) is 5.82 Å². The smallest absolute Gasteiger partial charge is 0.331 e. The van der Waals surface area contributed by atoms with E-state index >= 15 is 0 Å². The number of rotatable bonds is 5. The van der Waals surface area contributed by atoms with Crippen LogP contribution in [0.15, 0.2) is 47.1 Å². The fourth-order valence-electron chi connectivity index (χ4n) is 1.63. The highest BCUT2D eigenvalue weighted by Gasteiger charge is 2.17. The molecule has 0 aliphatic rings. The summed E-state index contributed by atoms with van der Waals surface area (Å²) in [6.45, 7) is 1.41. The molecule has 0 saturated carbocycles. The van der Waals surface area contributed by atoms with Crippen molar-refractivity contribution in [1.29, 1.82) is 0 Å². The highest BCUT2D eigenvalue weighted by atomic mass is 35.5. The van der Waals surface area contributed by atoms with Crippen molar-refractivity contribution in [1.82, 2.24) is 0 Å². The lowest BCUT2D eigenvalue weighted by molar-refractivity contribution is -0.148. The van der Waals surface area contributed by atoms with Gasteiger partial charge in [-0.3, -0.25) is 4.79 Å². The molecule has 0 spiro atoms. The molecule has 0 aliphatic heterocycles. The van der Waals surface area contributed by atoms with E-state index in [4.69, 9.17) is 20.8 Å². The van der Waals surface area contributed by atoms with Crippen LogP contribution in [-0.2, 0) is 14.3 Å². The van der Waals surface area contributed by atoms with E-state index < -0.39 is 23.8 Å². The summed E-state index contributed by atoms with van der Waals surface area (Å²) in [6, 6.07) is 6.88. The molecule has 0 unspecified atom stereocenters. The number of carbonyl (C=O) groups is 2. The molecule has 0 bridgehead atoms. The second-order valence-electron chi connectivity index (χ2n) is 4.54. The van der Waals surface area contributed by atoms with Gasteiger partial charge in [0.05, 0.1) is 17.0 Å². The van der Waals surface area contributed by atoms with E-state index in [0.717, 1.165) is 18.2 Å². The van der Waals surface area contributed by atoms with Crippen molar-refractivity contribution in [3.63, 3.8) is 0 Å². The number of esters is 1. The summed E-state index contributed by atoms with van der Waals surface area (Å²) in [6.07, 6.45) is 2.98. The summed E-state index contributed by atoms with van der Waals surface area (Å²) in [7, 11) is 0. The van der Waals surface area contributed by atoms with Gasteiger partial charge in [-0.15, -0.1) is 0 Å². The van der Waals surface area contributed by atoms with Crippen molar-refractivity contribution in [2.45, 2.75) is 13.0 Å². The summed E-state index contributed by atoms with van der Waals surface area (Å²) in [5, 5.41) is 2.51. The SMILES string of the molecule is C[C@@H](OC(=O)/C=C/c1ccco1)C(=O)Nc1ccc(F)cc1Cl. The molecule has 7 heteroatoms. The van der Waals surface area contributed by atoms with E-state index in [-0.39, 0.29) is 10.7 Å². The zero-order valence-corrected chi connectivity index (χ0v) is 12.8. The normalized spacial score (nSPS) is 12.1. The predicted molar refractivity (Wildman–Crippen MR) is 83.3 cm³/mol. The molecule has 2 aromatic rings. The molecule has 0 aliphatic carbocycles. The fraction of sp³-hybridized carbons (Fsp3) is 0.125. The second-order valence-corrected chi connectivity index (χ2v) is 4.95. The molecule has 120 valence electrons. The van der Waals surface area contributed by atoms with Crippen LogP contribution in [0.5, 0.6) is 0 Å². The number of anilines is 1. The summed E-state index contributed by atoms with van der Waals surface area (Å²) in [5.74, 6) is -1.32. The van der Waals surface area contributed by atoms with Gasteiger partial charge in [0.1, 0.15) is 11.6 Å². The van der Waals surface area contributed by atoms with Crippen molar-refractivity contribution >= 4 is 35.2 Å². The molecule has 1 atom stereocenters. The Morgan fingerprint density at radius 2 is 2.17 bits per heavy atom. The lowest BCUT2D eigenvalue weighted by Gasteiger charge is -2.13. The van der Waals surface area contributed by atoms with Gasteiger partial charge < -0.3 is 14.5 Å². The van der Waals surface area contributed by atoms with E-state index in [9.17, 15) is 14.0 Å². The molecule has 1 heterocycles. The maximum absolute atomic E-state index is 12.9. The van der Waals surface area contributed by atoms with Crippen molar-refractivity contribution in [2.24, 2.45) is 0 Å². The van der Waals surface area contributed by atoms with Crippen LogP contribution < -0.4 is 5.32 Å². The summed E-state index contributed by atoms with van der Waals surface area (Å²) in [5.41, 5.74) is 0.229. The Balaban J connectivity index is 1.90. The van der Waals surface area contributed by atoms with Crippen LogP contribution in [0.25, 0.3) is 6.08 Å². The first kappa shape index (κ1) is 16.8. The average Bonchev–Trinajstić information content (AvgIpc) is 3.01. The minimum absolute atomic E-state index is 0.0505. The summed E-state index contributed by atoms with van der Waals surface area (Å²) >= 11 is 5.81. The Hall–Kier alpha value is -2.60. The maximum atomic E-state index is 12.9. The number of carbonyl (C=O) groups excluding carboxylic acids is 2. The van der Waals surface area contributed by atoms with Gasteiger partial charge >= 0.3 is 5.97 Å². The van der Waals surface area contributed by atoms with E-state index in [1.165, 1.54) is 25.3 Å². The number of amides is 1. The molecular formula is C16H13ClFNO4. The van der Waals surface area contributed by atoms with Gasteiger partial charge in [0.2, 0.25) is 0 Å². The number of furan rings is 1. The highest BCUT2D eigenvalue weighted by Crippen LogP contribution is 2.22. The molecule has 1 aromatic carbocycles. The number of hydrogen-bond acceptors (Lipinski definition) is 4. The lowest BCUT2D eigenvalue weighted by atomic mass is 10.3. The van der Waals surface area contributed by atoms with Gasteiger partial charge in [0.15, 0.2) is 6.10 Å². The number of benzene rings is 1. The number of halogens is 2. The van der Waals surface area contributed by atoms with Crippen LogP contribution in [0.1, 0.15) is 12.7 Å². The Labute approximate surface area is 136 Å². The number of nitrogens with one attached hydrogen (secondary N) is 1.